The van der Waals surface area contributed by atoms with Crippen molar-refractivity contribution in [2.24, 2.45) is 11.3 Å². The first-order valence-corrected chi connectivity index (χ1v) is 11.0. The van der Waals surface area contributed by atoms with Crippen LogP contribution in [0.1, 0.15) is 69.5 Å². The van der Waals surface area contributed by atoms with Crippen LogP contribution < -0.4 is 0 Å². The molecule has 1 nitrogen and oxygen atoms in total. The molecule has 5 rings (SSSR count). The van der Waals surface area contributed by atoms with Crippen molar-refractivity contribution in [3.05, 3.63) is 77.5 Å². The van der Waals surface area contributed by atoms with E-state index >= 15 is 4.39 Å². The molecule has 2 aliphatic carbocycles. The molecule has 0 bridgehead atoms. The van der Waals surface area contributed by atoms with E-state index in [4.69, 9.17) is 0 Å². The standard InChI is InChI=1S/C27H29F2N/c1-16(2)18-12-27(13-18)14-19(15-27)24-25-22(29)6-5-7-23(25)30(26(24)17(3)4)21-10-8-20(28)9-11-21/h5-11,17-19H,1,12-15H2,2-4H3. The molecule has 0 unspecified atom stereocenters. The first-order valence-electron chi connectivity index (χ1n) is 11.0. The molecule has 0 radical (unpaired) electrons. The van der Waals surface area contributed by atoms with Gasteiger partial charge in [0.2, 0.25) is 0 Å². The molecule has 2 aromatic carbocycles. The molecule has 0 N–H and O–H groups in total. The molecular formula is C27H29F2N. The van der Waals surface area contributed by atoms with Crippen molar-refractivity contribution < 1.29 is 8.78 Å². The summed E-state index contributed by atoms with van der Waals surface area (Å²) in [5, 5.41) is 0.751. The fourth-order valence-electron chi connectivity index (χ4n) is 6.05. The minimum atomic E-state index is -0.259. The van der Waals surface area contributed by atoms with Gasteiger partial charge in [-0.1, -0.05) is 32.1 Å². The van der Waals surface area contributed by atoms with Gasteiger partial charge >= 0.3 is 0 Å². The maximum atomic E-state index is 15.2. The normalized spacial score (nSPS) is 25.5. The first-order chi connectivity index (χ1) is 14.3. The Bertz CT molecular complexity index is 1120. The van der Waals surface area contributed by atoms with Gasteiger partial charge in [-0.3, -0.25) is 0 Å². The summed E-state index contributed by atoms with van der Waals surface area (Å²) in [6, 6.07) is 11.9. The molecule has 156 valence electrons. The van der Waals surface area contributed by atoms with E-state index < -0.39 is 0 Å². The minimum Gasteiger partial charge on any atom is -0.313 e. The van der Waals surface area contributed by atoms with Crippen LogP contribution in [0.3, 0.4) is 0 Å². The van der Waals surface area contributed by atoms with Gasteiger partial charge in [-0.15, -0.1) is 0 Å². The lowest BCUT2D eigenvalue weighted by Gasteiger charge is -2.58. The summed E-state index contributed by atoms with van der Waals surface area (Å²) in [6.07, 6.45) is 4.73. The number of fused-ring (bicyclic) bond motifs is 1. The number of hydrogen-bond donors (Lipinski definition) is 0. The third kappa shape index (κ3) is 2.85. The first kappa shape index (κ1) is 19.5. The van der Waals surface area contributed by atoms with Crippen molar-refractivity contribution in [1.29, 1.82) is 0 Å². The van der Waals surface area contributed by atoms with Gasteiger partial charge in [-0.05, 0) is 97.7 Å². The lowest BCUT2D eigenvalue weighted by Crippen LogP contribution is -2.47. The predicted octanol–water partition coefficient (Wildman–Crippen LogP) is 7.88. The summed E-state index contributed by atoms with van der Waals surface area (Å²) >= 11 is 0. The zero-order valence-corrected chi connectivity index (χ0v) is 18.0. The smallest absolute Gasteiger partial charge is 0.132 e. The van der Waals surface area contributed by atoms with Crippen LogP contribution in [0.15, 0.2) is 54.6 Å². The Morgan fingerprint density at radius 3 is 2.30 bits per heavy atom. The number of aromatic nitrogens is 1. The lowest BCUT2D eigenvalue weighted by atomic mass is 9.46. The van der Waals surface area contributed by atoms with E-state index in [1.54, 1.807) is 24.3 Å². The maximum absolute atomic E-state index is 15.2. The lowest BCUT2D eigenvalue weighted by molar-refractivity contribution is -0.0272. The topological polar surface area (TPSA) is 4.93 Å². The second kappa shape index (κ2) is 6.80. The van der Waals surface area contributed by atoms with Crippen LogP contribution in [-0.2, 0) is 0 Å². The van der Waals surface area contributed by atoms with Gasteiger partial charge < -0.3 is 4.57 Å². The van der Waals surface area contributed by atoms with Crippen LogP contribution in [-0.4, -0.2) is 4.57 Å². The van der Waals surface area contributed by atoms with Crippen molar-refractivity contribution in [2.45, 2.75) is 58.3 Å². The van der Waals surface area contributed by atoms with Crippen molar-refractivity contribution in [3.8, 4) is 5.69 Å². The third-order valence-electron chi connectivity index (χ3n) is 7.47. The quantitative estimate of drug-likeness (QED) is 0.389. The monoisotopic (exact) mass is 405 g/mol. The van der Waals surface area contributed by atoms with Crippen molar-refractivity contribution in [2.75, 3.05) is 0 Å². The molecule has 0 amide bonds. The van der Waals surface area contributed by atoms with Crippen LogP contribution >= 0.6 is 0 Å². The molecule has 1 aromatic heterocycles. The molecule has 30 heavy (non-hydrogen) atoms. The number of halogens is 2. The van der Waals surface area contributed by atoms with E-state index in [9.17, 15) is 4.39 Å². The highest BCUT2D eigenvalue weighted by Gasteiger charge is 2.54. The molecule has 0 saturated heterocycles. The summed E-state index contributed by atoms with van der Waals surface area (Å²) in [4.78, 5) is 0. The second-order valence-electron chi connectivity index (χ2n) is 9.96. The van der Waals surface area contributed by atoms with E-state index in [2.05, 4.69) is 31.9 Å². The Labute approximate surface area is 177 Å². The second-order valence-corrected chi connectivity index (χ2v) is 9.96. The Hall–Kier alpha value is -2.42. The third-order valence-corrected chi connectivity index (χ3v) is 7.47. The molecule has 0 aliphatic heterocycles. The molecule has 3 heteroatoms. The Kier molecular flexibility index (Phi) is 4.43. The summed E-state index contributed by atoms with van der Waals surface area (Å²) < 4.78 is 30.9. The van der Waals surface area contributed by atoms with Crippen LogP contribution in [0.25, 0.3) is 16.6 Å². The minimum absolute atomic E-state index is 0.153. The largest absolute Gasteiger partial charge is 0.313 e. The molecular weight excluding hydrogens is 376 g/mol. The van der Waals surface area contributed by atoms with Gasteiger partial charge in [0.05, 0.1) is 5.52 Å². The number of hydrogen-bond acceptors (Lipinski definition) is 0. The number of nitrogens with zero attached hydrogens (tertiary/aromatic N) is 1. The van der Waals surface area contributed by atoms with Crippen molar-refractivity contribution in [3.63, 3.8) is 0 Å². The average molecular weight is 406 g/mol. The van der Waals surface area contributed by atoms with E-state index in [-0.39, 0.29) is 17.6 Å². The predicted molar refractivity (Wildman–Crippen MR) is 119 cm³/mol. The summed E-state index contributed by atoms with van der Waals surface area (Å²) in [5.74, 6) is 0.866. The van der Waals surface area contributed by atoms with Gasteiger partial charge in [0, 0.05) is 16.8 Å². The highest BCUT2D eigenvalue weighted by molar-refractivity contribution is 5.89. The van der Waals surface area contributed by atoms with Crippen LogP contribution in [0.4, 0.5) is 8.78 Å². The SMILES string of the molecule is C=C(C)C1CC2(C1)CC(c1c(C(C)C)n(-c3ccc(F)cc3)c3cccc(F)c13)C2. The average Bonchev–Trinajstić information content (AvgIpc) is 2.96. The van der Waals surface area contributed by atoms with Gasteiger partial charge in [0.15, 0.2) is 0 Å². The van der Waals surface area contributed by atoms with Gasteiger partial charge in [0.25, 0.3) is 0 Å². The fourth-order valence-corrected chi connectivity index (χ4v) is 6.05. The van der Waals surface area contributed by atoms with Crippen molar-refractivity contribution >= 4 is 10.9 Å². The highest BCUT2D eigenvalue weighted by Crippen LogP contribution is 2.66. The van der Waals surface area contributed by atoms with E-state index in [0.29, 0.717) is 17.3 Å². The van der Waals surface area contributed by atoms with E-state index in [1.165, 1.54) is 36.1 Å². The number of allylic oxidation sites excluding steroid dienone is 1. The van der Waals surface area contributed by atoms with E-state index in [1.807, 2.05) is 6.07 Å². The van der Waals surface area contributed by atoms with Crippen LogP contribution in [0.2, 0.25) is 0 Å². The summed E-state index contributed by atoms with van der Waals surface area (Å²) in [7, 11) is 0. The molecule has 0 atom stereocenters. The molecule has 1 spiro atoms. The Morgan fingerprint density at radius 1 is 1.03 bits per heavy atom. The number of rotatable bonds is 4. The molecule has 2 fully saturated rings. The molecule has 2 saturated carbocycles. The highest BCUT2D eigenvalue weighted by atomic mass is 19.1. The summed E-state index contributed by atoms with van der Waals surface area (Å²) in [5.41, 5.74) is 5.84. The van der Waals surface area contributed by atoms with Gasteiger partial charge in [0.1, 0.15) is 11.6 Å². The van der Waals surface area contributed by atoms with E-state index in [0.717, 1.165) is 35.1 Å². The van der Waals surface area contributed by atoms with Crippen LogP contribution in [0, 0.1) is 23.0 Å². The zero-order chi connectivity index (χ0) is 21.2. The van der Waals surface area contributed by atoms with Crippen LogP contribution in [0.5, 0.6) is 0 Å². The van der Waals surface area contributed by atoms with Gasteiger partial charge in [-0.2, -0.15) is 0 Å². The fraction of sp³-hybridized carbons (Fsp3) is 0.407. The summed E-state index contributed by atoms with van der Waals surface area (Å²) in [6.45, 7) is 10.6. The zero-order valence-electron chi connectivity index (χ0n) is 18.0. The Balaban J connectivity index is 1.63. The van der Waals surface area contributed by atoms with Crippen molar-refractivity contribution in [1.82, 2.24) is 4.57 Å². The number of benzene rings is 2. The maximum Gasteiger partial charge on any atom is 0.132 e. The Morgan fingerprint density at radius 2 is 1.70 bits per heavy atom. The molecule has 1 heterocycles. The molecule has 3 aromatic rings. The van der Waals surface area contributed by atoms with Gasteiger partial charge in [-0.25, -0.2) is 8.78 Å². The molecule has 2 aliphatic rings.